The molecule has 0 saturated carbocycles. The van der Waals surface area contributed by atoms with Crippen molar-refractivity contribution < 1.29 is 13.9 Å². The highest BCUT2D eigenvalue weighted by Crippen LogP contribution is 2.12. The molecule has 15 heavy (non-hydrogen) atoms. The minimum atomic E-state index is -0.495. The first-order valence-electron chi connectivity index (χ1n) is 4.76. The zero-order valence-electron chi connectivity index (χ0n) is 9.40. The maximum Gasteiger partial charge on any atom is 0.408 e. The second-order valence-electron chi connectivity index (χ2n) is 4.27. The zero-order chi connectivity index (χ0) is 11.5. The van der Waals surface area contributed by atoms with Gasteiger partial charge < -0.3 is 14.5 Å². The van der Waals surface area contributed by atoms with E-state index >= 15 is 0 Å². The summed E-state index contributed by atoms with van der Waals surface area (Å²) in [4.78, 5) is 15.1. The smallest absolute Gasteiger partial charge is 0.408 e. The van der Waals surface area contributed by atoms with Crippen LogP contribution in [0, 0.1) is 0 Å². The van der Waals surface area contributed by atoms with Crippen LogP contribution in [0.15, 0.2) is 17.0 Å². The van der Waals surface area contributed by atoms with E-state index in [-0.39, 0.29) is 6.04 Å². The van der Waals surface area contributed by atoms with Crippen LogP contribution >= 0.6 is 0 Å². The minimum absolute atomic E-state index is 0.248. The van der Waals surface area contributed by atoms with Crippen molar-refractivity contribution >= 4 is 6.09 Å². The molecule has 0 aliphatic rings. The molecule has 1 atom stereocenters. The van der Waals surface area contributed by atoms with E-state index in [1.807, 2.05) is 20.8 Å². The van der Waals surface area contributed by atoms with E-state index in [9.17, 15) is 4.79 Å². The Kier molecular flexibility index (Phi) is 3.34. The van der Waals surface area contributed by atoms with Crippen LogP contribution in [0.2, 0.25) is 0 Å². The highest BCUT2D eigenvalue weighted by Gasteiger charge is 2.19. The Hall–Kier alpha value is -1.52. The quantitative estimate of drug-likeness (QED) is 0.816. The lowest BCUT2D eigenvalue weighted by atomic mass is 10.2. The van der Waals surface area contributed by atoms with Crippen LogP contribution in [0.4, 0.5) is 4.79 Å². The third kappa shape index (κ3) is 4.01. The maximum atomic E-state index is 11.4. The standard InChI is InChI=1S/C10H16N2O3/c1-7(8-5-11-6-14-8)12-9(13)15-10(2,3)4/h5-7H,1-4H3,(H,12,13). The van der Waals surface area contributed by atoms with Gasteiger partial charge in [-0.15, -0.1) is 0 Å². The van der Waals surface area contributed by atoms with Crippen molar-refractivity contribution in [2.24, 2.45) is 0 Å². The molecule has 0 bridgehead atoms. The van der Waals surface area contributed by atoms with Crippen molar-refractivity contribution in [3.8, 4) is 0 Å². The Labute approximate surface area is 88.8 Å². The average molecular weight is 212 g/mol. The Balaban J connectivity index is 2.45. The van der Waals surface area contributed by atoms with Crippen LogP contribution in [-0.4, -0.2) is 16.7 Å². The highest BCUT2D eigenvalue weighted by molar-refractivity contribution is 5.68. The van der Waals surface area contributed by atoms with Gasteiger partial charge in [-0.1, -0.05) is 0 Å². The van der Waals surface area contributed by atoms with Gasteiger partial charge in [0.1, 0.15) is 11.4 Å². The molecule has 1 amide bonds. The lowest BCUT2D eigenvalue weighted by Gasteiger charge is -2.21. The van der Waals surface area contributed by atoms with Crippen LogP contribution in [0.1, 0.15) is 39.5 Å². The van der Waals surface area contributed by atoms with Gasteiger partial charge in [0.2, 0.25) is 0 Å². The molecule has 5 heteroatoms. The molecule has 84 valence electrons. The topological polar surface area (TPSA) is 64.4 Å². The third-order valence-electron chi connectivity index (χ3n) is 1.61. The van der Waals surface area contributed by atoms with Gasteiger partial charge in [0.15, 0.2) is 6.39 Å². The summed E-state index contributed by atoms with van der Waals surface area (Å²) >= 11 is 0. The molecular weight excluding hydrogens is 196 g/mol. The summed E-state index contributed by atoms with van der Waals surface area (Å²) in [5.74, 6) is 0.598. The summed E-state index contributed by atoms with van der Waals surface area (Å²) in [6.07, 6.45) is 2.41. The fourth-order valence-corrected chi connectivity index (χ4v) is 0.995. The first-order valence-corrected chi connectivity index (χ1v) is 4.76. The maximum absolute atomic E-state index is 11.4. The molecule has 0 fully saturated rings. The van der Waals surface area contributed by atoms with Crippen LogP contribution < -0.4 is 5.32 Å². The number of ether oxygens (including phenoxy) is 1. The summed E-state index contributed by atoms with van der Waals surface area (Å²) in [5.41, 5.74) is -0.495. The van der Waals surface area contributed by atoms with Crippen molar-refractivity contribution in [1.29, 1.82) is 0 Å². The van der Waals surface area contributed by atoms with Gasteiger partial charge in [-0.2, -0.15) is 0 Å². The molecule has 0 spiro atoms. The summed E-state index contributed by atoms with van der Waals surface area (Å²) in [5, 5.41) is 2.64. The number of amides is 1. The Morgan fingerprint density at radius 1 is 1.60 bits per heavy atom. The van der Waals surface area contributed by atoms with Gasteiger partial charge in [-0.25, -0.2) is 9.78 Å². The zero-order valence-corrected chi connectivity index (χ0v) is 9.40. The van der Waals surface area contributed by atoms with Gasteiger partial charge in [-0.3, -0.25) is 0 Å². The lowest BCUT2D eigenvalue weighted by Crippen LogP contribution is -2.33. The van der Waals surface area contributed by atoms with Crippen molar-refractivity contribution in [2.75, 3.05) is 0 Å². The molecule has 0 radical (unpaired) electrons. The molecule has 1 unspecified atom stereocenters. The number of carbonyl (C=O) groups excluding carboxylic acids is 1. The Morgan fingerprint density at radius 3 is 2.73 bits per heavy atom. The van der Waals surface area contributed by atoms with E-state index in [1.54, 1.807) is 13.1 Å². The largest absolute Gasteiger partial charge is 0.446 e. The molecule has 0 saturated heterocycles. The van der Waals surface area contributed by atoms with Gasteiger partial charge in [0.25, 0.3) is 0 Å². The van der Waals surface area contributed by atoms with Crippen LogP contribution in [0.3, 0.4) is 0 Å². The minimum Gasteiger partial charge on any atom is -0.446 e. The number of alkyl carbamates (subject to hydrolysis) is 1. The average Bonchev–Trinajstić information content (AvgIpc) is 2.50. The van der Waals surface area contributed by atoms with Crippen molar-refractivity contribution in [3.63, 3.8) is 0 Å². The normalized spacial score (nSPS) is 13.3. The van der Waals surface area contributed by atoms with E-state index < -0.39 is 11.7 Å². The number of hydrogen-bond acceptors (Lipinski definition) is 4. The van der Waals surface area contributed by atoms with Gasteiger partial charge in [0.05, 0.1) is 12.2 Å². The van der Waals surface area contributed by atoms with E-state index in [2.05, 4.69) is 10.3 Å². The molecule has 0 aromatic carbocycles. The van der Waals surface area contributed by atoms with Crippen LogP contribution in [0.5, 0.6) is 0 Å². The van der Waals surface area contributed by atoms with E-state index in [0.717, 1.165) is 0 Å². The molecular formula is C10H16N2O3. The number of oxazole rings is 1. The monoisotopic (exact) mass is 212 g/mol. The van der Waals surface area contributed by atoms with E-state index in [0.29, 0.717) is 5.76 Å². The molecule has 5 nitrogen and oxygen atoms in total. The fraction of sp³-hybridized carbons (Fsp3) is 0.600. The number of carbonyl (C=O) groups is 1. The van der Waals surface area contributed by atoms with E-state index in [1.165, 1.54) is 6.39 Å². The first kappa shape index (κ1) is 11.6. The summed E-state index contributed by atoms with van der Waals surface area (Å²) in [7, 11) is 0. The van der Waals surface area contributed by atoms with Crippen molar-refractivity contribution in [2.45, 2.75) is 39.3 Å². The number of aromatic nitrogens is 1. The van der Waals surface area contributed by atoms with Crippen molar-refractivity contribution in [1.82, 2.24) is 10.3 Å². The molecule has 1 N–H and O–H groups in total. The number of rotatable bonds is 2. The second kappa shape index (κ2) is 4.33. The molecule has 1 heterocycles. The molecule has 1 aromatic heterocycles. The second-order valence-corrected chi connectivity index (χ2v) is 4.27. The number of nitrogens with one attached hydrogen (secondary N) is 1. The van der Waals surface area contributed by atoms with Crippen LogP contribution in [-0.2, 0) is 4.74 Å². The molecule has 0 aliphatic carbocycles. The molecule has 1 aromatic rings. The Morgan fingerprint density at radius 2 is 2.27 bits per heavy atom. The first-order chi connectivity index (χ1) is 6.88. The Bertz CT molecular complexity index is 314. The van der Waals surface area contributed by atoms with Gasteiger partial charge in [0, 0.05) is 0 Å². The lowest BCUT2D eigenvalue weighted by molar-refractivity contribution is 0.0502. The highest BCUT2D eigenvalue weighted by atomic mass is 16.6. The fourth-order valence-electron chi connectivity index (χ4n) is 0.995. The number of hydrogen-bond donors (Lipinski definition) is 1. The van der Waals surface area contributed by atoms with Gasteiger partial charge >= 0.3 is 6.09 Å². The summed E-state index contributed by atoms with van der Waals surface area (Å²) < 4.78 is 10.1. The van der Waals surface area contributed by atoms with Crippen LogP contribution in [0.25, 0.3) is 0 Å². The number of nitrogens with zero attached hydrogens (tertiary/aromatic N) is 1. The molecule has 0 aliphatic heterocycles. The summed E-state index contributed by atoms with van der Waals surface area (Å²) in [6, 6.07) is -0.248. The summed E-state index contributed by atoms with van der Waals surface area (Å²) in [6.45, 7) is 7.23. The van der Waals surface area contributed by atoms with Gasteiger partial charge in [-0.05, 0) is 27.7 Å². The van der Waals surface area contributed by atoms with Crippen molar-refractivity contribution in [3.05, 3.63) is 18.4 Å². The molecule has 1 rings (SSSR count). The van der Waals surface area contributed by atoms with E-state index in [4.69, 9.17) is 9.15 Å². The predicted octanol–water partition coefficient (Wildman–Crippen LogP) is 2.26. The SMILES string of the molecule is CC(NC(=O)OC(C)(C)C)c1cnco1. The predicted molar refractivity (Wildman–Crippen MR) is 54.3 cm³/mol. The third-order valence-corrected chi connectivity index (χ3v) is 1.61.